The molecule has 6 nitrogen and oxygen atoms in total. The van der Waals surface area contributed by atoms with Crippen LogP contribution in [0.1, 0.15) is 30.6 Å². The molecule has 0 saturated heterocycles. The first-order valence-corrected chi connectivity index (χ1v) is 9.25. The molecule has 3 N–H and O–H groups in total. The summed E-state index contributed by atoms with van der Waals surface area (Å²) in [6.07, 6.45) is 2.43. The second-order valence-corrected chi connectivity index (χ2v) is 6.60. The van der Waals surface area contributed by atoms with Gasteiger partial charge in [-0.3, -0.25) is 14.4 Å². The third-order valence-corrected chi connectivity index (χ3v) is 3.79. The summed E-state index contributed by atoms with van der Waals surface area (Å²) in [4.78, 5) is 36.1. The van der Waals surface area contributed by atoms with Crippen LogP contribution >= 0.6 is 11.8 Å². The molecule has 0 aliphatic rings. The number of benzene rings is 1. The van der Waals surface area contributed by atoms with Crippen molar-refractivity contribution in [3.05, 3.63) is 35.9 Å². The van der Waals surface area contributed by atoms with Gasteiger partial charge < -0.3 is 16.0 Å². The number of hydrogen-bond donors (Lipinski definition) is 3. The highest BCUT2D eigenvalue weighted by Gasteiger charge is 2.21. The Morgan fingerprint density at radius 3 is 2.33 bits per heavy atom. The highest BCUT2D eigenvalue weighted by molar-refractivity contribution is 7.98. The second-order valence-electron chi connectivity index (χ2n) is 5.61. The molecule has 0 heterocycles. The van der Waals surface area contributed by atoms with Crippen molar-refractivity contribution < 1.29 is 14.4 Å². The molecular weight excluding hydrogens is 326 g/mol. The SMILES string of the molecule is CSCC[C@H](NC(=O)c1ccccc1)C(=O)NCC(=O)NC(C)C. The first-order valence-electron chi connectivity index (χ1n) is 7.86. The van der Waals surface area contributed by atoms with Crippen molar-refractivity contribution in [1.29, 1.82) is 0 Å². The van der Waals surface area contributed by atoms with Crippen LogP contribution in [0.5, 0.6) is 0 Å². The van der Waals surface area contributed by atoms with Crippen molar-refractivity contribution >= 4 is 29.5 Å². The lowest BCUT2D eigenvalue weighted by atomic mass is 10.1. The Morgan fingerprint density at radius 1 is 1.08 bits per heavy atom. The van der Waals surface area contributed by atoms with Crippen molar-refractivity contribution in [2.45, 2.75) is 32.4 Å². The molecule has 0 fully saturated rings. The number of amides is 3. The summed E-state index contributed by atoms with van der Waals surface area (Å²) in [6, 6.07) is 8.08. The summed E-state index contributed by atoms with van der Waals surface area (Å²) in [6.45, 7) is 3.59. The number of carbonyl (C=O) groups excluding carboxylic acids is 3. The zero-order chi connectivity index (χ0) is 17.9. The van der Waals surface area contributed by atoms with E-state index in [0.717, 1.165) is 5.75 Å². The quantitative estimate of drug-likeness (QED) is 0.623. The maximum atomic E-state index is 12.3. The number of rotatable bonds is 9. The van der Waals surface area contributed by atoms with Gasteiger partial charge in [-0.25, -0.2) is 0 Å². The van der Waals surface area contributed by atoms with Gasteiger partial charge in [-0.15, -0.1) is 0 Å². The van der Waals surface area contributed by atoms with E-state index >= 15 is 0 Å². The highest BCUT2D eigenvalue weighted by Crippen LogP contribution is 2.04. The van der Waals surface area contributed by atoms with E-state index in [0.29, 0.717) is 12.0 Å². The van der Waals surface area contributed by atoms with Crippen LogP contribution < -0.4 is 16.0 Å². The maximum absolute atomic E-state index is 12.3. The zero-order valence-corrected chi connectivity index (χ0v) is 15.1. The van der Waals surface area contributed by atoms with Gasteiger partial charge in [0.1, 0.15) is 6.04 Å². The standard InChI is InChI=1S/C17H25N3O3S/c1-12(2)19-15(21)11-18-17(23)14(9-10-24-3)20-16(22)13-7-5-4-6-8-13/h4-8,12,14H,9-11H2,1-3H3,(H,18,23)(H,19,21)(H,20,22)/t14-/m0/s1. The fourth-order valence-electron chi connectivity index (χ4n) is 2.00. The molecule has 24 heavy (non-hydrogen) atoms. The monoisotopic (exact) mass is 351 g/mol. The van der Waals surface area contributed by atoms with E-state index in [1.54, 1.807) is 36.0 Å². The largest absolute Gasteiger partial charge is 0.352 e. The Hall–Kier alpha value is -2.02. The van der Waals surface area contributed by atoms with Gasteiger partial charge in [0.15, 0.2) is 0 Å². The molecule has 0 radical (unpaired) electrons. The topological polar surface area (TPSA) is 87.3 Å². The van der Waals surface area contributed by atoms with E-state index in [1.165, 1.54) is 0 Å². The number of carbonyl (C=O) groups is 3. The second kappa shape index (κ2) is 10.7. The summed E-state index contributed by atoms with van der Waals surface area (Å²) in [7, 11) is 0. The predicted octanol–water partition coefficient (Wildman–Crippen LogP) is 1.18. The van der Waals surface area contributed by atoms with Crippen LogP contribution in [-0.4, -0.2) is 48.4 Å². The molecule has 7 heteroatoms. The van der Waals surface area contributed by atoms with E-state index < -0.39 is 6.04 Å². The summed E-state index contributed by atoms with van der Waals surface area (Å²) in [5, 5.41) is 8.02. The summed E-state index contributed by atoms with van der Waals surface area (Å²) in [5.41, 5.74) is 0.497. The molecule has 0 aliphatic carbocycles. The van der Waals surface area contributed by atoms with E-state index in [2.05, 4.69) is 16.0 Å². The van der Waals surface area contributed by atoms with Gasteiger partial charge in [-0.2, -0.15) is 11.8 Å². The van der Waals surface area contributed by atoms with Crippen molar-refractivity contribution in [3.8, 4) is 0 Å². The predicted molar refractivity (Wildman–Crippen MR) is 97.0 cm³/mol. The van der Waals surface area contributed by atoms with Crippen molar-refractivity contribution in [3.63, 3.8) is 0 Å². The average Bonchev–Trinajstić information content (AvgIpc) is 2.56. The lowest BCUT2D eigenvalue weighted by Crippen LogP contribution is -2.49. The van der Waals surface area contributed by atoms with Gasteiger partial charge in [-0.05, 0) is 44.4 Å². The van der Waals surface area contributed by atoms with Crippen molar-refractivity contribution in [2.24, 2.45) is 0 Å². The Bertz CT molecular complexity index is 549. The number of hydrogen-bond acceptors (Lipinski definition) is 4. The summed E-state index contributed by atoms with van der Waals surface area (Å²) < 4.78 is 0. The van der Waals surface area contributed by atoms with Crippen LogP contribution in [0, 0.1) is 0 Å². The Labute approximate surface area is 147 Å². The lowest BCUT2D eigenvalue weighted by molar-refractivity contribution is -0.127. The Morgan fingerprint density at radius 2 is 1.75 bits per heavy atom. The van der Waals surface area contributed by atoms with Crippen LogP contribution in [0.15, 0.2) is 30.3 Å². The molecule has 1 atom stereocenters. The third-order valence-electron chi connectivity index (χ3n) is 3.14. The van der Waals surface area contributed by atoms with E-state index in [1.807, 2.05) is 26.2 Å². The van der Waals surface area contributed by atoms with Crippen molar-refractivity contribution in [1.82, 2.24) is 16.0 Å². The van der Waals surface area contributed by atoms with Gasteiger partial charge in [-0.1, -0.05) is 18.2 Å². The van der Waals surface area contributed by atoms with E-state index in [4.69, 9.17) is 0 Å². The van der Waals surface area contributed by atoms with Gasteiger partial charge >= 0.3 is 0 Å². The highest BCUT2D eigenvalue weighted by atomic mass is 32.2. The third kappa shape index (κ3) is 7.50. The zero-order valence-electron chi connectivity index (χ0n) is 14.3. The van der Waals surface area contributed by atoms with Gasteiger partial charge in [0, 0.05) is 11.6 Å². The molecule has 0 aliphatic heterocycles. The van der Waals surface area contributed by atoms with Crippen LogP contribution in [0.4, 0.5) is 0 Å². The Balaban J connectivity index is 2.61. The lowest BCUT2D eigenvalue weighted by Gasteiger charge is -2.18. The van der Waals surface area contributed by atoms with Crippen molar-refractivity contribution in [2.75, 3.05) is 18.6 Å². The molecular formula is C17H25N3O3S. The normalized spacial score (nSPS) is 11.7. The smallest absolute Gasteiger partial charge is 0.251 e. The van der Waals surface area contributed by atoms with Crippen LogP contribution in [0.3, 0.4) is 0 Å². The van der Waals surface area contributed by atoms with Gasteiger partial charge in [0.2, 0.25) is 11.8 Å². The van der Waals surface area contributed by atoms with Gasteiger partial charge in [0.25, 0.3) is 5.91 Å². The molecule has 0 bridgehead atoms. The number of nitrogens with one attached hydrogen (secondary N) is 3. The van der Waals surface area contributed by atoms with Crippen LogP contribution in [0.2, 0.25) is 0 Å². The molecule has 1 aromatic rings. The van der Waals surface area contributed by atoms with Crippen LogP contribution in [0.25, 0.3) is 0 Å². The first-order chi connectivity index (χ1) is 11.4. The molecule has 3 amide bonds. The molecule has 132 valence electrons. The summed E-state index contributed by atoms with van der Waals surface area (Å²) >= 11 is 1.59. The minimum atomic E-state index is -0.669. The molecule has 0 spiro atoms. The molecule has 0 unspecified atom stereocenters. The van der Waals surface area contributed by atoms with E-state index in [-0.39, 0.29) is 30.3 Å². The summed E-state index contributed by atoms with van der Waals surface area (Å²) in [5.74, 6) is -0.183. The number of thioether (sulfide) groups is 1. The minimum absolute atomic E-state index is 0.0134. The van der Waals surface area contributed by atoms with Crippen LogP contribution in [-0.2, 0) is 9.59 Å². The Kier molecular flexibility index (Phi) is 8.93. The average molecular weight is 351 g/mol. The van der Waals surface area contributed by atoms with E-state index in [9.17, 15) is 14.4 Å². The first kappa shape index (κ1) is 20.0. The molecule has 0 aromatic heterocycles. The minimum Gasteiger partial charge on any atom is -0.352 e. The fourth-order valence-corrected chi connectivity index (χ4v) is 2.47. The maximum Gasteiger partial charge on any atom is 0.251 e. The fraction of sp³-hybridized carbons (Fsp3) is 0.471. The molecule has 0 saturated carbocycles. The van der Waals surface area contributed by atoms with Gasteiger partial charge in [0.05, 0.1) is 6.54 Å². The molecule has 1 rings (SSSR count). The molecule has 1 aromatic carbocycles.